The summed E-state index contributed by atoms with van der Waals surface area (Å²) in [4.78, 5) is 0. The average molecular weight is 2090 g/mol. The third-order valence-electron chi connectivity index (χ3n) is 25.1. The third kappa shape index (κ3) is 37.3. The maximum absolute atomic E-state index is 14.1. The number of phenolic OH excluding ortho intramolecular Hbond substituents is 5. The van der Waals surface area contributed by atoms with E-state index in [9.17, 15) is 29.9 Å². The lowest BCUT2D eigenvalue weighted by atomic mass is 9.98. The molecule has 0 aliphatic heterocycles. The van der Waals surface area contributed by atoms with Gasteiger partial charge in [-0.2, -0.15) is 0 Å². The molecule has 16 heteroatoms. The van der Waals surface area contributed by atoms with Crippen LogP contribution in [0.5, 0.6) is 28.7 Å². The second-order valence-electron chi connectivity index (χ2n) is 43.6. The van der Waals surface area contributed by atoms with Gasteiger partial charge in [-0.05, 0) is 306 Å². The van der Waals surface area contributed by atoms with E-state index in [4.69, 9.17) is 0 Å². The van der Waals surface area contributed by atoms with Crippen LogP contribution in [0, 0.1) is 19.7 Å². The van der Waals surface area contributed by atoms with Gasteiger partial charge in [0.25, 0.3) is 0 Å². The van der Waals surface area contributed by atoms with Crippen LogP contribution in [0.3, 0.4) is 0 Å². The number of nitrogens with one attached hydrogen (secondary N) is 5. The fourth-order valence-corrected chi connectivity index (χ4v) is 23.5. The van der Waals surface area contributed by atoms with Gasteiger partial charge >= 0.3 is 0 Å². The minimum atomic E-state index is -0.240. The molecule has 0 amide bonds. The molecular formula is C134H151FN5O5P5. The van der Waals surface area contributed by atoms with Crippen molar-refractivity contribution in [3.8, 4) is 51.0 Å². The highest BCUT2D eigenvalue weighted by atomic mass is 31.1. The van der Waals surface area contributed by atoms with E-state index in [1.165, 1.54) is 99.6 Å². The second kappa shape index (κ2) is 55.1. The zero-order valence-electron chi connectivity index (χ0n) is 90.2. The summed E-state index contributed by atoms with van der Waals surface area (Å²) in [6.45, 7) is 40.6. The monoisotopic (exact) mass is 2080 g/mol. The molecule has 17 aromatic rings. The van der Waals surface area contributed by atoms with Crippen LogP contribution in [-0.2, 0) is 64.8 Å². The largest absolute Gasteiger partial charge is 0.507 e. The molecule has 17 rings (SSSR count). The zero-order valence-corrected chi connectivity index (χ0v) is 95.2. The van der Waals surface area contributed by atoms with Gasteiger partial charge in [0, 0.05) is 111 Å². The first kappa shape index (κ1) is 115. The first-order chi connectivity index (χ1) is 71.7. The second-order valence-corrected chi connectivity index (χ2v) is 50.2. The number of hydrogen-bond donors (Lipinski definition) is 10. The normalized spacial score (nSPS) is 11.9. The molecule has 10 nitrogen and oxygen atoms in total. The Kier molecular flexibility index (Phi) is 42.1. The highest BCUT2D eigenvalue weighted by Crippen LogP contribution is 2.38. The van der Waals surface area contributed by atoms with Gasteiger partial charge in [0.15, 0.2) is 0 Å². The third-order valence-corrected chi connectivity index (χ3v) is 32.4. The SMILES string of the molecule is CC(C)(C)NCc1cc(F)ccc1Pc1cc(Cc2ccccc2)cc(Cc2ccccc2)c1O.CC(C)(C)NCc1ccccc1Pc1cc(Cc2ccccc2)cc(-c2ccccc2)c1O.CC(C)(C)NCc1ccccc1Pc1cccc(-c2ccccc2)c1O.Cc1ccc(Pc2cc(Cc3ccccc3)ccc2O)c(CNC(C)(C)C)c1.Cc1cccc(CNC(C)(C)C)c1Pc1cccc(Cc2ccccc2)c1O. The fourth-order valence-electron chi connectivity index (χ4n) is 17.1. The molecule has 0 saturated heterocycles. The Balaban J connectivity index is 0.000000157. The smallest absolute Gasteiger partial charge is 0.131 e. The molecule has 17 aromatic carbocycles. The van der Waals surface area contributed by atoms with Crippen molar-refractivity contribution in [2.75, 3.05) is 0 Å². The van der Waals surface area contributed by atoms with Gasteiger partial charge < -0.3 is 52.1 Å². The highest BCUT2D eigenvalue weighted by molar-refractivity contribution is 7.57. The van der Waals surface area contributed by atoms with Gasteiger partial charge in [-0.1, -0.05) is 400 Å². The fraction of sp³-hybridized carbons (Fsp3) is 0.239. The summed E-state index contributed by atoms with van der Waals surface area (Å²) < 4.78 is 14.1. The van der Waals surface area contributed by atoms with Crippen molar-refractivity contribution in [2.45, 2.75) is 210 Å². The van der Waals surface area contributed by atoms with Gasteiger partial charge in [-0.25, -0.2) is 4.39 Å². The average Bonchev–Trinajstić information content (AvgIpc) is 0.800. The molecule has 0 radical (unpaired) electrons. The van der Waals surface area contributed by atoms with Crippen LogP contribution in [0.25, 0.3) is 22.3 Å². The molecule has 5 atom stereocenters. The molecule has 0 fully saturated rings. The van der Waals surface area contributed by atoms with E-state index in [1.807, 2.05) is 146 Å². The van der Waals surface area contributed by atoms with Crippen LogP contribution in [0.15, 0.2) is 394 Å². The van der Waals surface area contributed by atoms with Crippen molar-refractivity contribution in [3.63, 3.8) is 0 Å². The number of phenols is 5. The van der Waals surface area contributed by atoms with E-state index in [2.05, 4.69) is 381 Å². The maximum Gasteiger partial charge on any atom is 0.131 e. The standard InChI is InChI=1S/C31H33FNOP.C30H32NOP.2C25H30NOP.C23H26NOP/c1-31(2,3)33-21-26-20-27(32)14-15-28(26)35-29-19-24(16-22-10-6-4-7-11-22)18-25(30(29)34)17-23-12-8-5-9-13-23;1-30(2,3)31-21-25-16-10-11-17-27(25)33-28-20-23(18-22-12-6-4-7-13-22)19-26(29(28)32)24-14-8-5-9-15-24;1-18-10-8-14-21(17-26-25(2,3)4)24(18)28-22-15-9-13-20(23(22)27)16-19-11-6-5-7-12-19;1-18-10-13-23(21(14-18)17-26-25(2,3)4)28-24-16-20(11-12-22(24)27)15-19-8-6-5-7-9-19;1-23(2,3)24-16-18-12-7-8-14-20(18)26-21-15-9-13-19(22(21)25)17-10-5-4-6-11-17/h4-15,18-20,33-35H,16-17,21H2,1-3H3;4-17,19-20,31-33H,18,21H2,1-3H3;5-15,26-28H,16-17H2,1-4H3;5-14,16,26-28H,15,17H2,1-4H3;4-15,24-26H,16H2,1-3H3. The molecule has 5 unspecified atom stereocenters. The van der Waals surface area contributed by atoms with Crippen molar-refractivity contribution in [1.82, 2.24) is 26.6 Å². The Morgan fingerprint density at radius 3 is 1.01 bits per heavy atom. The van der Waals surface area contributed by atoms with E-state index in [-0.39, 0.29) is 42.1 Å². The molecule has 0 spiro atoms. The van der Waals surface area contributed by atoms with Gasteiger partial charge in [0.2, 0.25) is 0 Å². The van der Waals surface area contributed by atoms with Crippen molar-refractivity contribution >= 4 is 95.9 Å². The molecule has 0 aromatic heterocycles. The Morgan fingerprint density at radius 2 is 0.533 bits per heavy atom. The number of hydrogen-bond acceptors (Lipinski definition) is 10. The summed E-state index contributed by atoms with van der Waals surface area (Å²) in [7, 11) is 1.88. The van der Waals surface area contributed by atoms with Crippen LogP contribution in [-0.4, -0.2) is 53.2 Å². The molecule has 774 valence electrons. The quantitative estimate of drug-likeness (QED) is 0.0184. The number of aryl methyl sites for hydroxylation is 2. The first-order valence-electron chi connectivity index (χ1n) is 51.9. The van der Waals surface area contributed by atoms with Crippen molar-refractivity contribution < 1.29 is 29.9 Å². The molecular weight excluding hydrogens is 1930 g/mol. The molecule has 0 bridgehead atoms. The molecule has 150 heavy (non-hydrogen) atoms. The Bertz CT molecular complexity index is 7160. The van der Waals surface area contributed by atoms with Crippen LogP contribution in [0.4, 0.5) is 4.39 Å². The topological polar surface area (TPSA) is 161 Å². The summed E-state index contributed by atoms with van der Waals surface area (Å²) in [6.07, 6.45) is 3.92. The van der Waals surface area contributed by atoms with E-state index in [0.717, 1.165) is 128 Å². The number of halogens is 1. The minimum Gasteiger partial charge on any atom is -0.507 e. The molecule has 0 heterocycles. The number of aromatic hydroxyl groups is 5. The maximum atomic E-state index is 14.1. The highest BCUT2D eigenvalue weighted by Gasteiger charge is 2.24. The van der Waals surface area contributed by atoms with Crippen LogP contribution in [0.2, 0.25) is 0 Å². The molecule has 0 saturated carbocycles. The van der Waals surface area contributed by atoms with Gasteiger partial charge in [0.05, 0.1) is 0 Å². The first-order valence-corrected chi connectivity index (χ1v) is 56.9. The van der Waals surface area contributed by atoms with E-state index in [1.54, 1.807) is 6.07 Å². The number of para-hydroxylation sites is 2. The minimum absolute atomic E-state index is 0.0500. The zero-order chi connectivity index (χ0) is 107. The van der Waals surface area contributed by atoms with Crippen LogP contribution < -0.4 is 79.6 Å². The van der Waals surface area contributed by atoms with E-state index in [0.29, 0.717) is 76.0 Å². The Hall–Kier alpha value is -12.4. The molecule has 0 aliphatic carbocycles. The van der Waals surface area contributed by atoms with Crippen molar-refractivity contribution in [2.24, 2.45) is 0 Å². The van der Waals surface area contributed by atoms with E-state index < -0.39 is 0 Å². The summed E-state index contributed by atoms with van der Waals surface area (Å²) in [5.41, 5.74) is 24.4. The number of benzene rings is 17. The predicted molar refractivity (Wildman–Crippen MR) is 650 cm³/mol. The predicted octanol–water partition coefficient (Wildman–Crippen LogP) is 26.6. The van der Waals surface area contributed by atoms with Crippen molar-refractivity contribution in [3.05, 3.63) is 495 Å². The van der Waals surface area contributed by atoms with Gasteiger partial charge in [-0.15, -0.1) is 0 Å². The Labute approximate surface area is 902 Å². The number of rotatable bonds is 32. The lowest BCUT2D eigenvalue weighted by Gasteiger charge is -2.22. The van der Waals surface area contributed by atoms with Gasteiger partial charge in [-0.3, -0.25) is 0 Å². The molecule has 0 aliphatic rings. The summed E-state index contributed by atoms with van der Waals surface area (Å²) in [5, 5.41) is 83.8. The molecule has 10 N–H and O–H groups in total. The summed E-state index contributed by atoms with van der Waals surface area (Å²) in [6, 6.07) is 134. The van der Waals surface area contributed by atoms with Crippen molar-refractivity contribution in [1.29, 1.82) is 0 Å². The van der Waals surface area contributed by atoms with E-state index >= 15 is 0 Å². The lowest BCUT2D eigenvalue weighted by molar-refractivity contribution is 0.424. The Morgan fingerprint density at radius 1 is 0.213 bits per heavy atom. The van der Waals surface area contributed by atoms with Crippen LogP contribution >= 0.6 is 42.9 Å². The summed E-state index contributed by atoms with van der Waals surface area (Å²) in [5.74, 6) is 1.68. The van der Waals surface area contributed by atoms with Gasteiger partial charge in [0.1, 0.15) is 34.6 Å². The van der Waals surface area contributed by atoms with Crippen LogP contribution in [0.1, 0.15) is 198 Å². The lowest BCUT2D eigenvalue weighted by Crippen LogP contribution is -2.36. The summed E-state index contributed by atoms with van der Waals surface area (Å²) >= 11 is 0.